The lowest BCUT2D eigenvalue weighted by molar-refractivity contribution is 0.102. The average molecular weight is 302 g/mol. The van der Waals surface area contributed by atoms with Crippen molar-refractivity contribution in [2.45, 2.75) is 13.8 Å². The Bertz CT molecular complexity index is 728. The maximum absolute atomic E-state index is 13.5. The first-order valence-corrected chi connectivity index (χ1v) is 6.77. The lowest BCUT2D eigenvalue weighted by Crippen LogP contribution is -2.15. The summed E-state index contributed by atoms with van der Waals surface area (Å²) in [6, 6.07) is 9.69. The number of aryl methyl sites for hydroxylation is 2. The Kier molecular flexibility index (Phi) is 4.33. The van der Waals surface area contributed by atoms with Gasteiger partial charge in [-0.3, -0.25) is 4.79 Å². The molecule has 0 aliphatic rings. The third-order valence-corrected chi connectivity index (χ3v) is 3.44. The van der Waals surface area contributed by atoms with Crippen LogP contribution in [0.3, 0.4) is 0 Å². The van der Waals surface area contributed by atoms with Crippen molar-refractivity contribution in [1.82, 2.24) is 0 Å². The molecular formula is C16H15FN2OS. The minimum Gasteiger partial charge on any atom is -0.389 e. The molecule has 21 heavy (non-hydrogen) atoms. The first kappa shape index (κ1) is 15.1. The standard InChI is InChI=1S/C16H15FN2OS/c1-9-3-6-12(7-13(9)17)16(20)19-14-8-11(15(18)21)5-4-10(14)2/h3-8H,1-2H3,(H2,18,21)(H,19,20). The van der Waals surface area contributed by atoms with E-state index in [1.807, 2.05) is 13.0 Å². The van der Waals surface area contributed by atoms with Crippen molar-refractivity contribution in [3.05, 3.63) is 64.5 Å². The third-order valence-electron chi connectivity index (χ3n) is 3.20. The van der Waals surface area contributed by atoms with Crippen molar-refractivity contribution in [2.24, 2.45) is 5.73 Å². The average Bonchev–Trinajstić information content (AvgIpc) is 2.43. The second kappa shape index (κ2) is 6.01. The number of carbonyl (C=O) groups is 1. The van der Waals surface area contributed by atoms with Crippen LogP contribution in [0.15, 0.2) is 36.4 Å². The van der Waals surface area contributed by atoms with Gasteiger partial charge in [0, 0.05) is 16.8 Å². The number of anilines is 1. The van der Waals surface area contributed by atoms with Crippen molar-refractivity contribution in [3.8, 4) is 0 Å². The van der Waals surface area contributed by atoms with Gasteiger partial charge in [-0.25, -0.2) is 4.39 Å². The topological polar surface area (TPSA) is 55.1 Å². The molecule has 0 radical (unpaired) electrons. The molecule has 0 aliphatic carbocycles. The molecule has 2 aromatic rings. The number of rotatable bonds is 3. The van der Waals surface area contributed by atoms with Crippen molar-refractivity contribution in [3.63, 3.8) is 0 Å². The Labute approximate surface area is 128 Å². The van der Waals surface area contributed by atoms with E-state index in [4.69, 9.17) is 18.0 Å². The predicted molar refractivity (Wildman–Crippen MR) is 86.2 cm³/mol. The van der Waals surface area contributed by atoms with E-state index in [-0.39, 0.29) is 16.5 Å². The summed E-state index contributed by atoms with van der Waals surface area (Å²) in [7, 11) is 0. The smallest absolute Gasteiger partial charge is 0.255 e. The van der Waals surface area contributed by atoms with Gasteiger partial charge in [-0.15, -0.1) is 0 Å². The Hall–Kier alpha value is -2.27. The number of hydrogen-bond acceptors (Lipinski definition) is 2. The van der Waals surface area contributed by atoms with Gasteiger partial charge >= 0.3 is 0 Å². The molecule has 0 saturated carbocycles. The molecule has 0 fully saturated rings. The molecular weight excluding hydrogens is 287 g/mol. The summed E-state index contributed by atoms with van der Waals surface area (Å²) in [5.41, 5.74) is 8.48. The summed E-state index contributed by atoms with van der Waals surface area (Å²) in [5.74, 6) is -0.784. The molecule has 3 nitrogen and oxygen atoms in total. The zero-order valence-corrected chi connectivity index (χ0v) is 12.6. The van der Waals surface area contributed by atoms with Crippen molar-refractivity contribution in [1.29, 1.82) is 0 Å². The molecule has 0 heterocycles. The van der Waals surface area contributed by atoms with E-state index in [9.17, 15) is 9.18 Å². The monoisotopic (exact) mass is 302 g/mol. The van der Waals surface area contributed by atoms with E-state index in [1.54, 1.807) is 31.2 Å². The maximum Gasteiger partial charge on any atom is 0.255 e. The first-order chi connectivity index (χ1) is 9.88. The van der Waals surface area contributed by atoms with Gasteiger partial charge in [0.05, 0.1) is 0 Å². The Morgan fingerprint density at radius 3 is 2.33 bits per heavy atom. The summed E-state index contributed by atoms with van der Waals surface area (Å²) >= 11 is 4.92. The van der Waals surface area contributed by atoms with Crippen LogP contribution in [0.5, 0.6) is 0 Å². The maximum atomic E-state index is 13.5. The zero-order chi connectivity index (χ0) is 15.6. The molecule has 0 bridgehead atoms. The van der Waals surface area contributed by atoms with E-state index in [0.29, 0.717) is 16.8 Å². The van der Waals surface area contributed by atoms with E-state index in [1.165, 1.54) is 6.07 Å². The Morgan fingerprint density at radius 2 is 1.71 bits per heavy atom. The number of halogens is 1. The number of nitrogens with one attached hydrogen (secondary N) is 1. The molecule has 108 valence electrons. The van der Waals surface area contributed by atoms with Crippen LogP contribution in [0.4, 0.5) is 10.1 Å². The fraction of sp³-hybridized carbons (Fsp3) is 0.125. The summed E-state index contributed by atoms with van der Waals surface area (Å²) in [4.78, 5) is 12.4. The molecule has 0 aliphatic heterocycles. The molecule has 0 spiro atoms. The summed E-state index contributed by atoms with van der Waals surface area (Å²) in [6.45, 7) is 3.50. The van der Waals surface area contributed by atoms with Crippen LogP contribution < -0.4 is 11.1 Å². The van der Waals surface area contributed by atoms with Crippen LogP contribution in [-0.4, -0.2) is 10.9 Å². The molecule has 0 atom stereocenters. The van der Waals surface area contributed by atoms with Gasteiger partial charge in [0.1, 0.15) is 10.8 Å². The highest BCUT2D eigenvalue weighted by molar-refractivity contribution is 7.80. The van der Waals surface area contributed by atoms with E-state index < -0.39 is 5.82 Å². The van der Waals surface area contributed by atoms with Crippen LogP contribution in [0.2, 0.25) is 0 Å². The molecule has 1 amide bonds. The van der Waals surface area contributed by atoms with E-state index in [0.717, 1.165) is 5.56 Å². The number of thiocarbonyl (C=S) groups is 1. The van der Waals surface area contributed by atoms with Gasteiger partial charge in [-0.05, 0) is 43.2 Å². The zero-order valence-electron chi connectivity index (χ0n) is 11.7. The van der Waals surface area contributed by atoms with Crippen LogP contribution in [0, 0.1) is 19.7 Å². The van der Waals surface area contributed by atoms with E-state index in [2.05, 4.69) is 5.32 Å². The molecule has 3 N–H and O–H groups in total. The van der Waals surface area contributed by atoms with Gasteiger partial charge in [-0.1, -0.05) is 30.4 Å². The van der Waals surface area contributed by atoms with Crippen LogP contribution >= 0.6 is 12.2 Å². The highest BCUT2D eigenvalue weighted by Gasteiger charge is 2.10. The number of amides is 1. The second-order valence-electron chi connectivity index (χ2n) is 4.81. The minimum absolute atomic E-state index is 0.256. The molecule has 0 aromatic heterocycles. The van der Waals surface area contributed by atoms with Crippen LogP contribution in [0.25, 0.3) is 0 Å². The normalized spacial score (nSPS) is 10.2. The van der Waals surface area contributed by atoms with Crippen LogP contribution in [-0.2, 0) is 0 Å². The predicted octanol–water partition coefficient (Wildman–Crippen LogP) is 3.33. The highest BCUT2D eigenvalue weighted by atomic mass is 32.1. The number of carbonyl (C=O) groups excluding carboxylic acids is 1. The number of nitrogens with two attached hydrogens (primary N) is 1. The third kappa shape index (κ3) is 3.44. The van der Waals surface area contributed by atoms with Gasteiger partial charge in [0.2, 0.25) is 0 Å². The van der Waals surface area contributed by atoms with Gasteiger partial charge < -0.3 is 11.1 Å². The van der Waals surface area contributed by atoms with Gasteiger partial charge in [0.25, 0.3) is 5.91 Å². The van der Waals surface area contributed by atoms with E-state index >= 15 is 0 Å². The lowest BCUT2D eigenvalue weighted by atomic mass is 10.1. The van der Waals surface area contributed by atoms with Crippen molar-refractivity contribution >= 4 is 28.8 Å². The molecule has 2 rings (SSSR count). The van der Waals surface area contributed by atoms with Crippen LogP contribution in [0.1, 0.15) is 27.0 Å². The minimum atomic E-state index is -0.406. The Balaban J connectivity index is 2.28. The van der Waals surface area contributed by atoms with Crippen molar-refractivity contribution < 1.29 is 9.18 Å². The molecule has 0 saturated heterocycles. The summed E-state index contributed by atoms with van der Waals surface area (Å²) in [6.07, 6.45) is 0. The molecule has 5 heteroatoms. The fourth-order valence-corrected chi connectivity index (χ4v) is 1.97. The highest BCUT2D eigenvalue weighted by Crippen LogP contribution is 2.18. The van der Waals surface area contributed by atoms with Gasteiger partial charge in [0.15, 0.2) is 0 Å². The number of hydrogen-bond donors (Lipinski definition) is 2. The van der Waals surface area contributed by atoms with Crippen molar-refractivity contribution in [2.75, 3.05) is 5.32 Å². The molecule has 0 unspecified atom stereocenters. The number of benzene rings is 2. The lowest BCUT2D eigenvalue weighted by Gasteiger charge is -2.10. The second-order valence-corrected chi connectivity index (χ2v) is 5.25. The summed E-state index contributed by atoms with van der Waals surface area (Å²) in [5, 5.41) is 2.75. The SMILES string of the molecule is Cc1ccc(C(=O)Nc2cc(C(N)=S)ccc2C)cc1F. The fourth-order valence-electron chi connectivity index (χ4n) is 1.84. The first-order valence-electron chi connectivity index (χ1n) is 6.36. The summed E-state index contributed by atoms with van der Waals surface area (Å²) < 4.78 is 13.5. The Morgan fingerprint density at radius 1 is 1.10 bits per heavy atom. The molecule has 2 aromatic carbocycles. The largest absolute Gasteiger partial charge is 0.389 e. The van der Waals surface area contributed by atoms with Gasteiger partial charge in [-0.2, -0.15) is 0 Å². The quantitative estimate of drug-likeness (QED) is 0.855.